The highest BCUT2D eigenvalue weighted by Gasteiger charge is 2.30. The van der Waals surface area contributed by atoms with Gasteiger partial charge in [-0.2, -0.15) is 0 Å². The summed E-state index contributed by atoms with van der Waals surface area (Å²) in [7, 11) is 0. The number of hydrogen-bond acceptors (Lipinski definition) is 2. The largest absolute Gasteiger partial charge is 0.481 e. The van der Waals surface area contributed by atoms with Crippen molar-refractivity contribution in [2.75, 3.05) is 0 Å². The van der Waals surface area contributed by atoms with Crippen LogP contribution in [0.2, 0.25) is 0 Å². The first-order valence-corrected chi connectivity index (χ1v) is 6.42. The van der Waals surface area contributed by atoms with Crippen LogP contribution in [0.4, 0.5) is 8.78 Å². The number of carboxylic acids is 1. The van der Waals surface area contributed by atoms with Crippen molar-refractivity contribution in [3.05, 3.63) is 35.4 Å². The van der Waals surface area contributed by atoms with Gasteiger partial charge in [-0.25, -0.2) is 8.78 Å². The summed E-state index contributed by atoms with van der Waals surface area (Å²) in [5, 5.41) is 8.92. The number of benzene rings is 1. The van der Waals surface area contributed by atoms with Gasteiger partial charge >= 0.3 is 5.97 Å². The quantitative estimate of drug-likeness (QED) is 0.886. The van der Waals surface area contributed by atoms with Gasteiger partial charge in [0, 0.05) is 17.7 Å². The number of halogens is 2. The molecule has 1 aromatic rings. The molecule has 1 fully saturated rings. The van der Waals surface area contributed by atoms with E-state index in [1.807, 2.05) is 0 Å². The second-order valence-corrected chi connectivity index (χ2v) is 5.14. The molecule has 1 aromatic carbocycles. The monoisotopic (exact) mass is 269 g/mol. The smallest absolute Gasteiger partial charge is 0.306 e. The Hall–Kier alpha value is -1.49. The van der Waals surface area contributed by atoms with Gasteiger partial charge in [0.25, 0.3) is 0 Å². The molecule has 0 radical (unpaired) electrons. The Balaban J connectivity index is 2.05. The van der Waals surface area contributed by atoms with Crippen molar-refractivity contribution < 1.29 is 18.7 Å². The van der Waals surface area contributed by atoms with Crippen LogP contribution in [0.25, 0.3) is 0 Å². The molecule has 1 unspecified atom stereocenters. The molecule has 3 nitrogen and oxygen atoms in total. The first kappa shape index (κ1) is 13.9. The van der Waals surface area contributed by atoms with Crippen molar-refractivity contribution in [1.29, 1.82) is 0 Å². The zero-order valence-corrected chi connectivity index (χ0v) is 10.5. The Morgan fingerprint density at radius 3 is 2.42 bits per heavy atom. The summed E-state index contributed by atoms with van der Waals surface area (Å²) in [5.41, 5.74) is 6.34. The molecule has 0 aliphatic heterocycles. The molecule has 2 rings (SSSR count). The van der Waals surface area contributed by atoms with Gasteiger partial charge in [0.15, 0.2) is 0 Å². The molecular formula is C14H17F2NO2. The number of nitrogens with two attached hydrogens (primary N) is 1. The average molecular weight is 269 g/mol. The van der Waals surface area contributed by atoms with E-state index in [-0.39, 0.29) is 11.8 Å². The van der Waals surface area contributed by atoms with Crippen LogP contribution < -0.4 is 5.73 Å². The van der Waals surface area contributed by atoms with Crippen LogP contribution in [0.3, 0.4) is 0 Å². The third-order valence-electron chi connectivity index (χ3n) is 3.95. The fourth-order valence-electron chi connectivity index (χ4n) is 2.75. The van der Waals surface area contributed by atoms with Gasteiger partial charge in [-0.05, 0) is 37.7 Å². The Labute approximate surface area is 110 Å². The maximum atomic E-state index is 13.6. The van der Waals surface area contributed by atoms with Crippen LogP contribution in [0, 0.1) is 23.5 Å². The first-order chi connectivity index (χ1) is 8.99. The van der Waals surface area contributed by atoms with Crippen molar-refractivity contribution in [1.82, 2.24) is 0 Å². The summed E-state index contributed by atoms with van der Waals surface area (Å²) in [6, 6.07) is 2.90. The summed E-state index contributed by atoms with van der Waals surface area (Å²) in [6.07, 6.45) is 2.46. The minimum absolute atomic E-state index is 0.0514. The fraction of sp³-hybridized carbons (Fsp3) is 0.500. The van der Waals surface area contributed by atoms with Gasteiger partial charge in [0.2, 0.25) is 0 Å². The molecule has 5 heteroatoms. The number of hydrogen-bond donors (Lipinski definition) is 2. The highest BCUT2D eigenvalue weighted by atomic mass is 19.1. The molecule has 0 saturated heterocycles. The minimum atomic E-state index is -0.778. The Bertz CT molecular complexity index is 471. The van der Waals surface area contributed by atoms with E-state index in [1.165, 1.54) is 12.1 Å². The van der Waals surface area contributed by atoms with Gasteiger partial charge in [0.05, 0.1) is 5.92 Å². The fourth-order valence-corrected chi connectivity index (χ4v) is 2.75. The Kier molecular flexibility index (Phi) is 4.14. The molecule has 0 bridgehead atoms. The Morgan fingerprint density at radius 1 is 1.26 bits per heavy atom. The SMILES string of the molecule is NC(c1ccc(F)cc1F)C1CCC(C(=O)O)CC1. The average Bonchev–Trinajstić information content (AvgIpc) is 2.38. The predicted octanol–water partition coefficient (Wildman–Crippen LogP) is 2.86. The Morgan fingerprint density at radius 2 is 1.89 bits per heavy atom. The predicted molar refractivity (Wildman–Crippen MR) is 66.4 cm³/mol. The number of aliphatic carboxylic acids is 1. The van der Waals surface area contributed by atoms with Gasteiger partial charge in [-0.3, -0.25) is 4.79 Å². The third kappa shape index (κ3) is 3.10. The lowest BCUT2D eigenvalue weighted by atomic mass is 9.77. The standard InChI is InChI=1S/C14H17F2NO2/c15-10-5-6-11(12(16)7-10)13(17)8-1-3-9(4-2-8)14(18)19/h5-9,13H,1-4,17H2,(H,18,19). The zero-order chi connectivity index (χ0) is 14.0. The number of carbonyl (C=O) groups is 1. The molecule has 19 heavy (non-hydrogen) atoms. The summed E-state index contributed by atoms with van der Waals surface area (Å²) in [6.45, 7) is 0. The van der Waals surface area contributed by atoms with Crippen molar-refractivity contribution in [2.24, 2.45) is 17.6 Å². The molecule has 0 aromatic heterocycles. The van der Waals surface area contributed by atoms with E-state index in [0.717, 1.165) is 6.07 Å². The topological polar surface area (TPSA) is 63.3 Å². The van der Waals surface area contributed by atoms with Crippen LogP contribution in [0.15, 0.2) is 18.2 Å². The lowest BCUT2D eigenvalue weighted by Gasteiger charge is -2.30. The van der Waals surface area contributed by atoms with Crippen LogP contribution in [-0.4, -0.2) is 11.1 Å². The molecule has 1 aliphatic carbocycles. The van der Waals surface area contributed by atoms with E-state index in [9.17, 15) is 13.6 Å². The lowest BCUT2D eigenvalue weighted by Crippen LogP contribution is -2.29. The van der Waals surface area contributed by atoms with E-state index in [1.54, 1.807) is 0 Å². The van der Waals surface area contributed by atoms with E-state index in [4.69, 9.17) is 10.8 Å². The molecule has 0 heterocycles. The summed E-state index contributed by atoms with van der Waals surface area (Å²) < 4.78 is 26.5. The summed E-state index contributed by atoms with van der Waals surface area (Å²) in [5.74, 6) is -2.30. The van der Waals surface area contributed by atoms with E-state index >= 15 is 0 Å². The second-order valence-electron chi connectivity index (χ2n) is 5.14. The number of rotatable bonds is 3. The van der Waals surface area contributed by atoms with Crippen LogP contribution in [-0.2, 0) is 4.79 Å². The minimum Gasteiger partial charge on any atom is -0.481 e. The van der Waals surface area contributed by atoms with Gasteiger partial charge in [-0.1, -0.05) is 6.07 Å². The molecule has 1 atom stereocenters. The first-order valence-electron chi connectivity index (χ1n) is 6.42. The van der Waals surface area contributed by atoms with E-state index in [0.29, 0.717) is 31.2 Å². The summed E-state index contributed by atoms with van der Waals surface area (Å²) in [4.78, 5) is 10.9. The maximum Gasteiger partial charge on any atom is 0.306 e. The molecule has 3 N–H and O–H groups in total. The summed E-state index contributed by atoms with van der Waals surface area (Å²) >= 11 is 0. The maximum absolute atomic E-state index is 13.6. The van der Waals surface area contributed by atoms with Crippen LogP contribution >= 0.6 is 0 Å². The molecule has 0 amide bonds. The van der Waals surface area contributed by atoms with Crippen molar-refractivity contribution in [2.45, 2.75) is 31.7 Å². The van der Waals surface area contributed by atoms with Crippen molar-refractivity contribution >= 4 is 5.97 Å². The van der Waals surface area contributed by atoms with Crippen LogP contribution in [0.1, 0.15) is 37.3 Å². The normalized spacial score (nSPS) is 25.0. The molecule has 1 saturated carbocycles. The second kappa shape index (κ2) is 5.65. The third-order valence-corrected chi connectivity index (χ3v) is 3.95. The molecular weight excluding hydrogens is 252 g/mol. The van der Waals surface area contributed by atoms with Crippen LogP contribution in [0.5, 0.6) is 0 Å². The molecule has 1 aliphatic rings. The highest BCUT2D eigenvalue weighted by molar-refractivity contribution is 5.70. The van der Waals surface area contributed by atoms with E-state index in [2.05, 4.69) is 0 Å². The highest BCUT2D eigenvalue weighted by Crippen LogP contribution is 2.36. The van der Waals surface area contributed by atoms with Gasteiger partial charge < -0.3 is 10.8 Å². The van der Waals surface area contributed by atoms with E-state index < -0.39 is 23.6 Å². The van der Waals surface area contributed by atoms with Gasteiger partial charge in [-0.15, -0.1) is 0 Å². The number of carboxylic acid groups (broad SMARTS) is 1. The molecule has 104 valence electrons. The van der Waals surface area contributed by atoms with Gasteiger partial charge in [0.1, 0.15) is 11.6 Å². The lowest BCUT2D eigenvalue weighted by molar-refractivity contribution is -0.143. The molecule has 0 spiro atoms. The van der Waals surface area contributed by atoms with Crippen molar-refractivity contribution in [3.8, 4) is 0 Å². The van der Waals surface area contributed by atoms with Crippen molar-refractivity contribution in [3.63, 3.8) is 0 Å². The zero-order valence-electron chi connectivity index (χ0n) is 10.5.